The standard InChI is InChI=1S/C33H40FN7O5/c1-20(2)30(35)32(44)45-19-29(42)40-13-12-39(17-21(40)3)33-36-15-25(16-37-33)23-10-11-26-27(14-23)41(38(5)31(26)43)18-24-8-6-7-9-28(24)46-22(4)34/h6-11,14-16,20-22,30H,12-13,17-19,35H2,1-5H3/t21-,22?,30+/m1/s1. The summed E-state index contributed by atoms with van der Waals surface area (Å²) in [5.74, 6) is 0.0211. The molecule has 1 saturated heterocycles. The van der Waals surface area contributed by atoms with Crippen molar-refractivity contribution >= 4 is 28.7 Å². The SMILES string of the molecule is CC(F)Oc1ccccc1Cn1c2cc(-c3cnc(N4CCN(C(=O)COC(=O)[C@@H](N)C(C)C)[C@H](C)C4)nc3)ccc2c(=O)n1C. The molecule has 1 aliphatic rings. The number of hydrogen-bond donors (Lipinski definition) is 1. The van der Waals surface area contributed by atoms with Gasteiger partial charge < -0.3 is 25.0 Å². The monoisotopic (exact) mass is 633 g/mol. The Kier molecular flexibility index (Phi) is 9.71. The third-order valence-corrected chi connectivity index (χ3v) is 8.27. The molecular weight excluding hydrogens is 593 g/mol. The topological polar surface area (TPSA) is 138 Å². The number of para-hydroxylation sites is 1. The molecule has 1 amide bonds. The summed E-state index contributed by atoms with van der Waals surface area (Å²) in [6, 6.07) is 11.8. The van der Waals surface area contributed by atoms with Crippen molar-refractivity contribution < 1.29 is 23.5 Å². The number of halogens is 1. The number of rotatable bonds is 10. The highest BCUT2D eigenvalue weighted by Crippen LogP contribution is 2.27. The number of piperazine rings is 1. The highest BCUT2D eigenvalue weighted by Gasteiger charge is 2.30. The molecule has 0 radical (unpaired) electrons. The van der Waals surface area contributed by atoms with E-state index in [2.05, 4.69) is 9.97 Å². The van der Waals surface area contributed by atoms with Crippen molar-refractivity contribution in [1.82, 2.24) is 24.2 Å². The van der Waals surface area contributed by atoms with Crippen molar-refractivity contribution in [2.45, 2.75) is 52.7 Å². The van der Waals surface area contributed by atoms with E-state index in [9.17, 15) is 18.8 Å². The Hall–Kier alpha value is -4.78. The summed E-state index contributed by atoms with van der Waals surface area (Å²) >= 11 is 0. The predicted octanol–water partition coefficient (Wildman–Crippen LogP) is 3.10. The molecular formula is C33H40FN7O5. The molecule has 3 atom stereocenters. The molecule has 13 heteroatoms. The lowest BCUT2D eigenvalue weighted by molar-refractivity contribution is -0.154. The lowest BCUT2D eigenvalue weighted by Crippen LogP contribution is -2.55. The first-order chi connectivity index (χ1) is 21.9. The summed E-state index contributed by atoms with van der Waals surface area (Å²) in [5.41, 5.74) is 8.73. The van der Waals surface area contributed by atoms with Crippen molar-refractivity contribution in [2.24, 2.45) is 18.7 Å². The van der Waals surface area contributed by atoms with Gasteiger partial charge >= 0.3 is 5.97 Å². The quantitative estimate of drug-likeness (QED) is 0.261. The Morgan fingerprint density at radius 3 is 2.46 bits per heavy atom. The summed E-state index contributed by atoms with van der Waals surface area (Å²) in [7, 11) is 1.70. The number of hydrogen-bond acceptors (Lipinski definition) is 9. The zero-order valence-electron chi connectivity index (χ0n) is 26.7. The van der Waals surface area contributed by atoms with Crippen molar-refractivity contribution in [2.75, 3.05) is 31.1 Å². The fourth-order valence-electron chi connectivity index (χ4n) is 5.56. The third kappa shape index (κ3) is 6.89. The van der Waals surface area contributed by atoms with E-state index in [1.54, 1.807) is 47.2 Å². The van der Waals surface area contributed by atoms with Gasteiger partial charge in [-0.1, -0.05) is 38.1 Å². The molecule has 4 aromatic rings. The van der Waals surface area contributed by atoms with E-state index in [0.717, 1.165) is 16.7 Å². The first-order valence-electron chi connectivity index (χ1n) is 15.3. The predicted molar refractivity (Wildman–Crippen MR) is 172 cm³/mol. The van der Waals surface area contributed by atoms with Crippen LogP contribution in [-0.2, 0) is 27.9 Å². The number of nitrogens with zero attached hydrogens (tertiary/aromatic N) is 6. The van der Waals surface area contributed by atoms with Gasteiger partial charge in [-0.05, 0) is 36.6 Å². The van der Waals surface area contributed by atoms with E-state index in [0.29, 0.717) is 48.8 Å². The van der Waals surface area contributed by atoms with Gasteiger partial charge in [0, 0.05) is 63.2 Å². The van der Waals surface area contributed by atoms with Gasteiger partial charge in [-0.15, -0.1) is 0 Å². The van der Waals surface area contributed by atoms with Crippen LogP contribution in [0.15, 0.2) is 59.7 Å². The molecule has 5 rings (SSSR count). The van der Waals surface area contributed by atoms with Crippen molar-refractivity contribution in [1.29, 1.82) is 0 Å². The molecule has 0 aliphatic carbocycles. The lowest BCUT2D eigenvalue weighted by atomic mass is 10.1. The van der Waals surface area contributed by atoms with Gasteiger partial charge in [0.15, 0.2) is 6.61 Å². The maximum Gasteiger partial charge on any atom is 0.323 e. The Morgan fingerprint density at radius 1 is 1.07 bits per heavy atom. The van der Waals surface area contributed by atoms with E-state index in [4.69, 9.17) is 15.2 Å². The van der Waals surface area contributed by atoms with Gasteiger partial charge in [0.2, 0.25) is 12.3 Å². The summed E-state index contributed by atoms with van der Waals surface area (Å²) in [6.07, 6.45) is 2.00. The zero-order valence-corrected chi connectivity index (χ0v) is 26.7. The van der Waals surface area contributed by atoms with E-state index in [-0.39, 0.29) is 30.0 Å². The number of nitrogens with two attached hydrogens (primary N) is 1. The summed E-state index contributed by atoms with van der Waals surface area (Å²) in [6.45, 7) is 8.31. The van der Waals surface area contributed by atoms with Crippen LogP contribution < -0.4 is 20.9 Å². The fraction of sp³-hybridized carbons (Fsp3) is 0.424. The molecule has 2 aromatic heterocycles. The van der Waals surface area contributed by atoms with Gasteiger partial charge in [0.1, 0.15) is 11.8 Å². The van der Waals surface area contributed by atoms with Gasteiger partial charge in [-0.3, -0.25) is 23.7 Å². The van der Waals surface area contributed by atoms with Crippen LogP contribution in [0.1, 0.15) is 33.3 Å². The summed E-state index contributed by atoms with van der Waals surface area (Å²) < 4.78 is 27.6. The molecule has 244 valence electrons. The smallest absolute Gasteiger partial charge is 0.323 e. The minimum atomic E-state index is -1.47. The van der Waals surface area contributed by atoms with E-state index >= 15 is 0 Å². The van der Waals surface area contributed by atoms with Crippen LogP contribution in [0, 0.1) is 5.92 Å². The molecule has 1 aliphatic heterocycles. The van der Waals surface area contributed by atoms with Crippen LogP contribution >= 0.6 is 0 Å². The molecule has 46 heavy (non-hydrogen) atoms. The van der Waals surface area contributed by atoms with Crippen LogP contribution in [0.2, 0.25) is 0 Å². The van der Waals surface area contributed by atoms with Gasteiger partial charge in [-0.25, -0.2) is 14.4 Å². The van der Waals surface area contributed by atoms with Crippen LogP contribution in [0.25, 0.3) is 22.0 Å². The zero-order chi connectivity index (χ0) is 33.1. The lowest BCUT2D eigenvalue weighted by Gasteiger charge is -2.39. The largest absolute Gasteiger partial charge is 0.460 e. The fourth-order valence-corrected chi connectivity index (χ4v) is 5.56. The Morgan fingerprint density at radius 2 is 1.78 bits per heavy atom. The highest BCUT2D eigenvalue weighted by molar-refractivity contribution is 5.85. The number of aromatic nitrogens is 4. The van der Waals surface area contributed by atoms with Crippen LogP contribution in [0.4, 0.5) is 10.3 Å². The Bertz CT molecular complexity index is 1770. The molecule has 0 spiro atoms. The average molecular weight is 634 g/mol. The molecule has 1 unspecified atom stereocenters. The van der Waals surface area contributed by atoms with Gasteiger partial charge in [-0.2, -0.15) is 0 Å². The minimum Gasteiger partial charge on any atom is -0.460 e. The highest BCUT2D eigenvalue weighted by atomic mass is 19.1. The van der Waals surface area contributed by atoms with E-state index in [1.807, 2.05) is 54.6 Å². The summed E-state index contributed by atoms with van der Waals surface area (Å²) in [5, 5.41) is 0.556. The number of carbonyl (C=O) groups excluding carboxylic acids is 2. The van der Waals surface area contributed by atoms with Crippen molar-refractivity contribution in [3.63, 3.8) is 0 Å². The molecule has 12 nitrogen and oxygen atoms in total. The number of alkyl halides is 1. The van der Waals surface area contributed by atoms with Crippen molar-refractivity contribution in [3.8, 4) is 16.9 Å². The number of ether oxygens (including phenoxy) is 2. The second kappa shape index (κ2) is 13.7. The van der Waals surface area contributed by atoms with Crippen LogP contribution in [-0.4, -0.2) is 80.8 Å². The molecule has 2 N–H and O–H groups in total. The van der Waals surface area contributed by atoms with Gasteiger partial charge in [0.05, 0.1) is 17.4 Å². The minimum absolute atomic E-state index is 0.0818. The van der Waals surface area contributed by atoms with E-state index in [1.165, 1.54) is 6.92 Å². The molecule has 3 heterocycles. The normalized spacial score (nSPS) is 16.5. The van der Waals surface area contributed by atoms with Gasteiger partial charge in [0.25, 0.3) is 11.5 Å². The van der Waals surface area contributed by atoms with Crippen LogP contribution in [0.3, 0.4) is 0 Å². The molecule has 2 aromatic carbocycles. The first kappa shape index (κ1) is 32.6. The van der Waals surface area contributed by atoms with Crippen molar-refractivity contribution in [3.05, 3.63) is 70.8 Å². The van der Waals surface area contributed by atoms with E-state index < -0.39 is 18.4 Å². The molecule has 0 bridgehead atoms. The number of anilines is 1. The second-order valence-corrected chi connectivity index (χ2v) is 11.9. The first-order valence-corrected chi connectivity index (χ1v) is 15.3. The average Bonchev–Trinajstić information content (AvgIpc) is 3.27. The number of benzene rings is 2. The number of amides is 1. The van der Waals surface area contributed by atoms with Crippen LogP contribution in [0.5, 0.6) is 5.75 Å². The Labute approximate surface area is 266 Å². The summed E-state index contributed by atoms with van der Waals surface area (Å²) in [4.78, 5) is 50.8. The second-order valence-electron chi connectivity index (χ2n) is 11.9. The number of esters is 1. The molecule has 1 fully saturated rings. The number of carbonyl (C=O) groups is 2. The third-order valence-electron chi connectivity index (χ3n) is 8.27. The number of fused-ring (bicyclic) bond motifs is 1. The maximum absolute atomic E-state index is 13.7. The maximum atomic E-state index is 13.7. The molecule has 0 saturated carbocycles. The Balaban J connectivity index is 1.29.